The molecule has 9 nitrogen and oxygen atoms in total. The summed E-state index contributed by atoms with van der Waals surface area (Å²) in [6, 6.07) is 14.9. The number of likely N-dealkylation sites (tertiary alicyclic amines) is 1. The second kappa shape index (κ2) is 22.3. The number of benzene rings is 3. The number of aromatic hydroxyl groups is 3. The Morgan fingerprint density at radius 2 is 1.35 bits per heavy atom. The Hall–Kier alpha value is -2.19. The van der Waals surface area contributed by atoms with Crippen LogP contribution in [-0.2, 0) is 17.8 Å². The topological polar surface area (TPSA) is 156 Å². The first-order chi connectivity index (χ1) is 19.1. The van der Waals surface area contributed by atoms with Crippen LogP contribution in [0.15, 0.2) is 63.5 Å². The average molecular weight is 732 g/mol. The number of carboxylic acids is 1. The van der Waals surface area contributed by atoms with Gasteiger partial charge in [0.05, 0.1) is 23.7 Å². The molecule has 0 bridgehead atoms. The molecular weight excluding hydrogens is 696 g/mol. The molecule has 0 aliphatic carbocycles. The number of hydrogen-bond acceptors (Lipinski definition) is 8. The van der Waals surface area contributed by atoms with Crippen LogP contribution in [0.25, 0.3) is 0 Å². The number of halogens is 2. The molecule has 43 heavy (non-hydrogen) atoms. The van der Waals surface area contributed by atoms with Gasteiger partial charge in [0.2, 0.25) is 0 Å². The van der Waals surface area contributed by atoms with E-state index in [-0.39, 0.29) is 76.6 Å². The SMILES string of the molecule is C.O=Cc1c(O)cccc1Br.O=Cc1c(O)cccc1CCN1CCC(C(=O)O)CC1.OCc1c(O)cccc1Br.[B].[H-].[Na+]. The van der Waals surface area contributed by atoms with Crippen LogP contribution in [-0.4, -0.2) is 77.0 Å². The van der Waals surface area contributed by atoms with Crippen LogP contribution in [0.5, 0.6) is 17.2 Å². The number of aliphatic carboxylic acids is 1. The molecule has 0 saturated carbocycles. The Kier molecular flexibility index (Phi) is 22.3. The first-order valence-corrected chi connectivity index (χ1v) is 13.9. The van der Waals surface area contributed by atoms with E-state index in [0.717, 1.165) is 29.7 Å². The van der Waals surface area contributed by atoms with Gasteiger partial charge >= 0.3 is 35.5 Å². The van der Waals surface area contributed by atoms with E-state index in [9.17, 15) is 19.5 Å². The minimum atomic E-state index is -0.708. The summed E-state index contributed by atoms with van der Waals surface area (Å²) in [4.78, 5) is 34.3. The number of piperidine rings is 1. The van der Waals surface area contributed by atoms with Gasteiger partial charge in [0, 0.05) is 29.5 Å². The normalized spacial score (nSPS) is 12.3. The second-order valence-corrected chi connectivity index (χ2v) is 10.6. The summed E-state index contributed by atoms with van der Waals surface area (Å²) in [6.45, 7) is 2.17. The van der Waals surface area contributed by atoms with Gasteiger partial charge in [-0.05, 0) is 84.2 Å². The van der Waals surface area contributed by atoms with E-state index < -0.39 is 5.97 Å². The minimum Gasteiger partial charge on any atom is -1.00 e. The molecule has 3 radical (unpaired) electrons. The zero-order valence-corrected chi connectivity index (χ0v) is 28.3. The number of carbonyl (C=O) groups excluding carboxylic acids is 2. The van der Waals surface area contributed by atoms with Crippen molar-refractivity contribution in [2.45, 2.75) is 33.3 Å². The van der Waals surface area contributed by atoms with E-state index in [1.807, 2.05) is 6.07 Å². The van der Waals surface area contributed by atoms with Crippen molar-refractivity contribution in [3.63, 3.8) is 0 Å². The molecule has 0 atom stereocenters. The van der Waals surface area contributed by atoms with Crippen LogP contribution in [0.3, 0.4) is 0 Å². The van der Waals surface area contributed by atoms with Gasteiger partial charge in [0.1, 0.15) is 17.2 Å². The van der Waals surface area contributed by atoms with E-state index in [0.29, 0.717) is 53.0 Å². The number of rotatable bonds is 7. The first-order valence-electron chi connectivity index (χ1n) is 12.3. The maximum atomic E-state index is 11.0. The van der Waals surface area contributed by atoms with Crippen LogP contribution < -0.4 is 29.6 Å². The number of hydrogen-bond donors (Lipinski definition) is 5. The molecule has 3 aromatic rings. The van der Waals surface area contributed by atoms with Gasteiger partial charge in [-0.25, -0.2) is 0 Å². The predicted molar refractivity (Wildman–Crippen MR) is 171 cm³/mol. The molecule has 1 fully saturated rings. The van der Waals surface area contributed by atoms with Crippen molar-refractivity contribution < 1.29 is 70.9 Å². The van der Waals surface area contributed by atoms with Crippen molar-refractivity contribution >= 4 is 58.8 Å². The van der Waals surface area contributed by atoms with Crippen molar-refractivity contribution in [2.75, 3.05) is 19.6 Å². The van der Waals surface area contributed by atoms with E-state index in [1.54, 1.807) is 30.3 Å². The summed E-state index contributed by atoms with van der Waals surface area (Å²) in [6.07, 6.45) is 3.33. The number of carboxylic acid groups (broad SMARTS) is 1. The third-order valence-corrected chi connectivity index (χ3v) is 7.76. The van der Waals surface area contributed by atoms with Crippen LogP contribution in [0.1, 0.15) is 53.5 Å². The van der Waals surface area contributed by atoms with Crippen LogP contribution >= 0.6 is 31.9 Å². The quantitative estimate of drug-likeness (QED) is 0.182. The molecule has 13 heteroatoms. The molecule has 0 unspecified atom stereocenters. The number of phenolic OH excluding ortho intramolecular Hbond substituents is 2. The predicted octanol–water partition coefficient (Wildman–Crippen LogP) is 2.53. The van der Waals surface area contributed by atoms with Crippen molar-refractivity contribution in [1.82, 2.24) is 4.90 Å². The Bertz CT molecular complexity index is 1270. The maximum absolute atomic E-state index is 11.0. The average Bonchev–Trinajstić information content (AvgIpc) is 2.93. The van der Waals surface area contributed by atoms with Crippen molar-refractivity contribution in [3.05, 3.63) is 85.8 Å². The van der Waals surface area contributed by atoms with E-state index in [2.05, 4.69) is 36.8 Å². The molecule has 5 N–H and O–H groups in total. The van der Waals surface area contributed by atoms with Crippen molar-refractivity contribution in [2.24, 2.45) is 5.92 Å². The van der Waals surface area contributed by atoms with Gasteiger partial charge < -0.3 is 31.9 Å². The number of aliphatic hydroxyl groups is 1. The van der Waals surface area contributed by atoms with Crippen molar-refractivity contribution in [3.8, 4) is 17.2 Å². The maximum Gasteiger partial charge on any atom is 1.00 e. The number of aliphatic hydroxyl groups excluding tert-OH is 1. The Labute approximate surface area is 294 Å². The standard InChI is InChI=1S/C15H19NO4.C7H7BrO2.C7H5BrO2.CH4.B.Na.H/c17-10-13-11(2-1-3-14(13)18)4-7-16-8-5-12(6-9-16)15(19)20;2*8-6-2-1-3-7(10)5(6)4-9;;;;/h1-3,10,12,18H,4-9H2,(H,19,20);1-3,9-10H,4H2;1-4,10H;1H4;;;/q;;;;;+1;-1. The Morgan fingerprint density at radius 1 is 0.860 bits per heavy atom. The summed E-state index contributed by atoms with van der Waals surface area (Å²) in [7, 11) is 0. The fraction of sp³-hybridized carbons (Fsp3) is 0.300. The van der Waals surface area contributed by atoms with E-state index in [4.69, 9.17) is 20.4 Å². The molecule has 1 heterocycles. The summed E-state index contributed by atoms with van der Waals surface area (Å²) >= 11 is 6.30. The summed E-state index contributed by atoms with van der Waals surface area (Å²) in [5, 5.41) is 45.4. The smallest absolute Gasteiger partial charge is 1.00 e. The zero-order chi connectivity index (χ0) is 29.7. The van der Waals surface area contributed by atoms with Gasteiger partial charge in [0.15, 0.2) is 12.6 Å². The molecule has 4 rings (SSSR count). The number of nitrogens with zero attached hydrogens (tertiary/aromatic N) is 1. The first kappa shape index (κ1) is 42.9. The van der Waals surface area contributed by atoms with Crippen LogP contribution in [0, 0.1) is 5.92 Å². The number of phenols is 3. The fourth-order valence-electron chi connectivity index (χ4n) is 3.98. The zero-order valence-electron chi connectivity index (χ0n) is 24.1. The summed E-state index contributed by atoms with van der Waals surface area (Å²) < 4.78 is 1.34. The molecule has 1 aliphatic heterocycles. The van der Waals surface area contributed by atoms with Gasteiger partial charge in [-0.15, -0.1) is 0 Å². The van der Waals surface area contributed by atoms with Gasteiger partial charge in [-0.1, -0.05) is 47.6 Å². The van der Waals surface area contributed by atoms with Gasteiger partial charge in [-0.3, -0.25) is 14.4 Å². The minimum absolute atomic E-state index is 0. The molecule has 1 saturated heterocycles. The van der Waals surface area contributed by atoms with E-state index >= 15 is 0 Å². The summed E-state index contributed by atoms with van der Waals surface area (Å²) in [5.41, 5.74) is 2.01. The molecule has 0 amide bonds. The third-order valence-electron chi connectivity index (χ3n) is 6.33. The number of aldehydes is 2. The Morgan fingerprint density at radius 3 is 1.77 bits per heavy atom. The second-order valence-electron chi connectivity index (χ2n) is 8.86. The monoisotopic (exact) mass is 730 g/mol. The van der Waals surface area contributed by atoms with Gasteiger partial charge in [-0.2, -0.15) is 0 Å². The molecular formula is C30H36BBr2NNaO8. The largest absolute Gasteiger partial charge is 1.00 e. The third kappa shape index (κ3) is 13.6. The fourth-order valence-corrected chi connectivity index (χ4v) is 4.91. The van der Waals surface area contributed by atoms with Gasteiger partial charge in [0.25, 0.3) is 0 Å². The summed E-state index contributed by atoms with van der Waals surface area (Å²) in [5.74, 6) is -0.790. The molecule has 0 aromatic heterocycles. The number of carbonyl (C=O) groups is 3. The van der Waals surface area contributed by atoms with Crippen molar-refractivity contribution in [1.29, 1.82) is 0 Å². The molecule has 1 aliphatic rings. The molecule has 0 spiro atoms. The van der Waals surface area contributed by atoms with E-state index in [1.165, 1.54) is 18.2 Å². The van der Waals surface area contributed by atoms with Crippen LogP contribution in [0.4, 0.5) is 0 Å². The molecule has 227 valence electrons. The van der Waals surface area contributed by atoms with Crippen LogP contribution in [0.2, 0.25) is 0 Å². The Balaban J connectivity index is -0.000000600. The molecule has 3 aromatic carbocycles.